The summed E-state index contributed by atoms with van der Waals surface area (Å²) in [7, 11) is 0. The fourth-order valence-electron chi connectivity index (χ4n) is 1.88. The van der Waals surface area contributed by atoms with Crippen LogP contribution in [0.3, 0.4) is 0 Å². The number of nitrogens with zero attached hydrogens (tertiary/aromatic N) is 2. The number of hydrogen-bond acceptors (Lipinski definition) is 3. The highest BCUT2D eigenvalue weighted by molar-refractivity contribution is 5.35. The molecule has 19 heavy (non-hydrogen) atoms. The number of aromatic nitrogens is 2. The van der Waals surface area contributed by atoms with Crippen LogP contribution in [0.15, 0.2) is 30.7 Å². The van der Waals surface area contributed by atoms with Gasteiger partial charge in [0.25, 0.3) is 0 Å². The molecule has 0 amide bonds. The maximum absolute atomic E-state index is 13.2. The van der Waals surface area contributed by atoms with Crippen molar-refractivity contribution in [3.05, 3.63) is 47.8 Å². The Labute approximate surface area is 111 Å². The molecule has 0 bridgehead atoms. The maximum Gasteiger partial charge on any atom is 0.130 e. The summed E-state index contributed by atoms with van der Waals surface area (Å²) in [6.45, 7) is 4.72. The minimum Gasteiger partial charge on any atom is -0.487 e. The normalized spacial score (nSPS) is 12.4. The van der Waals surface area contributed by atoms with Gasteiger partial charge >= 0.3 is 0 Å². The number of benzene rings is 1. The molecule has 102 valence electrons. The minimum atomic E-state index is -0.702. The monoisotopic (exact) mass is 264 g/mol. The van der Waals surface area contributed by atoms with E-state index in [2.05, 4.69) is 4.98 Å². The van der Waals surface area contributed by atoms with Gasteiger partial charge in [-0.1, -0.05) is 0 Å². The molecule has 0 radical (unpaired) electrons. The van der Waals surface area contributed by atoms with E-state index < -0.39 is 6.10 Å². The molecule has 0 aliphatic rings. The summed E-state index contributed by atoms with van der Waals surface area (Å²) < 4.78 is 20.8. The van der Waals surface area contributed by atoms with Gasteiger partial charge in [0.2, 0.25) is 0 Å². The van der Waals surface area contributed by atoms with Gasteiger partial charge in [-0.3, -0.25) is 0 Å². The summed E-state index contributed by atoms with van der Waals surface area (Å²) in [5, 5.41) is 9.63. The minimum absolute atomic E-state index is 0.289. The van der Waals surface area contributed by atoms with Crippen LogP contribution in [-0.2, 0) is 13.2 Å². The molecular weight excluding hydrogens is 247 g/mol. The molecule has 1 aromatic heterocycles. The van der Waals surface area contributed by atoms with E-state index in [-0.39, 0.29) is 12.4 Å². The van der Waals surface area contributed by atoms with Gasteiger partial charge in [0.15, 0.2) is 0 Å². The van der Waals surface area contributed by atoms with Crippen LogP contribution in [-0.4, -0.2) is 14.7 Å². The number of aliphatic hydroxyl groups is 1. The van der Waals surface area contributed by atoms with E-state index >= 15 is 0 Å². The second-order valence-electron chi connectivity index (χ2n) is 4.32. The fourth-order valence-corrected chi connectivity index (χ4v) is 1.88. The lowest BCUT2D eigenvalue weighted by molar-refractivity contribution is 0.189. The quantitative estimate of drug-likeness (QED) is 0.903. The highest BCUT2D eigenvalue weighted by Crippen LogP contribution is 2.26. The Hall–Kier alpha value is -1.88. The Morgan fingerprint density at radius 2 is 2.26 bits per heavy atom. The van der Waals surface area contributed by atoms with Crippen LogP contribution in [0.25, 0.3) is 0 Å². The largest absolute Gasteiger partial charge is 0.487 e. The van der Waals surface area contributed by atoms with E-state index in [0.29, 0.717) is 11.3 Å². The number of rotatable bonds is 5. The van der Waals surface area contributed by atoms with Crippen LogP contribution < -0.4 is 4.74 Å². The van der Waals surface area contributed by atoms with Crippen LogP contribution in [0.4, 0.5) is 4.39 Å². The predicted octanol–water partition coefficient (Wildman–Crippen LogP) is 2.67. The summed E-state index contributed by atoms with van der Waals surface area (Å²) in [4.78, 5) is 4.04. The van der Waals surface area contributed by atoms with E-state index in [9.17, 15) is 9.50 Å². The molecule has 2 aromatic rings. The fraction of sp³-hybridized carbons (Fsp3) is 0.357. The van der Waals surface area contributed by atoms with E-state index in [0.717, 1.165) is 12.2 Å². The first-order chi connectivity index (χ1) is 9.11. The Balaban J connectivity index is 2.17. The summed E-state index contributed by atoms with van der Waals surface area (Å²) in [5.74, 6) is -0.0257. The first kappa shape index (κ1) is 13.5. The third kappa shape index (κ3) is 3.12. The Morgan fingerprint density at radius 1 is 1.47 bits per heavy atom. The second-order valence-corrected chi connectivity index (χ2v) is 4.32. The second kappa shape index (κ2) is 5.84. The van der Waals surface area contributed by atoms with E-state index in [1.165, 1.54) is 18.2 Å². The first-order valence-electron chi connectivity index (χ1n) is 6.21. The Kier molecular flexibility index (Phi) is 4.16. The van der Waals surface area contributed by atoms with Crippen LogP contribution in [0, 0.1) is 5.82 Å². The van der Waals surface area contributed by atoms with E-state index in [4.69, 9.17) is 4.74 Å². The average molecular weight is 264 g/mol. The van der Waals surface area contributed by atoms with Crippen molar-refractivity contribution < 1.29 is 14.2 Å². The van der Waals surface area contributed by atoms with Gasteiger partial charge in [0.1, 0.15) is 18.2 Å². The number of aryl methyl sites for hydroxylation is 1. The predicted molar refractivity (Wildman–Crippen MR) is 69.3 cm³/mol. The Bertz CT molecular complexity index is 552. The number of ether oxygens (including phenoxy) is 1. The molecule has 4 nitrogen and oxygen atoms in total. The van der Waals surface area contributed by atoms with Gasteiger partial charge < -0.3 is 14.4 Å². The third-order valence-corrected chi connectivity index (χ3v) is 2.94. The molecule has 0 spiro atoms. The summed E-state index contributed by atoms with van der Waals surface area (Å²) in [6.07, 6.45) is 2.73. The highest BCUT2D eigenvalue weighted by Gasteiger charge is 2.11. The molecule has 0 saturated carbocycles. The van der Waals surface area contributed by atoms with Crippen molar-refractivity contribution in [1.82, 2.24) is 9.55 Å². The van der Waals surface area contributed by atoms with Crippen molar-refractivity contribution in [1.29, 1.82) is 0 Å². The zero-order valence-corrected chi connectivity index (χ0v) is 11.0. The van der Waals surface area contributed by atoms with Crippen molar-refractivity contribution in [2.24, 2.45) is 0 Å². The van der Waals surface area contributed by atoms with Crippen molar-refractivity contribution in [3.8, 4) is 5.75 Å². The molecule has 0 aliphatic heterocycles. The van der Waals surface area contributed by atoms with Crippen LogP contribution in [0.5, 0.6) is 5.75 Å². The average Bonchev–Trinajstić information content (AvgIpc) is 2.83. The summed E-state index contributed by atoms with van der Waals surface area (Å²) in [6, 6.07) is 4.13. The molecule has 0 fully saturated rings. The number of halogens is 1. The summed E-state index contributed by atoms with van der Waals surface area (Å²) in [5.41, 5.74) is 1.48. The zero-order valence-electron chi connectivity index (χ0n) is 11.0. The van der Waals surface area contributed by atoms with Crippen molar-refractivity contribution in [2.75, 3.05) is 0 Å². The standard InChI is InChI=1S/C14H17FN2O2/c1-3-17-9-16-7-12(17)8-19-14-6-11(15)4-5-13(14)10(2)18/h4-7,9-10,18H,3,8H2,1-2H3/t10-/m1/s1. The van der Waals surface area contributed by atoms with E-state index in [1.54, 1.807) is 19.4 Å². The number of hydrogen-bond donors (Lipinski definition) is 1. The van der Waals surface area contributed by atoms with Crippen molar-refractivity contribution in [3.63, 3.8) is 0 Å². The smallest absolute Gasteiger partial charge is 0.130 e. The van der Waals surface area contributed by atoms with Gasteiger partial charge in [-0.05, 0) is 26.0 Å². The topological polar surface area (TPSA) is 47.3 Å². The van der Waals surface area contributed by atoms with Crippen LogP contribution >= 0.6 is 0 Å². The van der Waals surface area contributed by atoms with Gasteiger partial charge in [-0.25, -0.2) is 9.37 Å². The first-order valence-corrected chi connectivity index (χ1v) is 6.21. The molecule has 0 saturated heterocycles. The maximum atomic E-state index is 13.2. The summed E-state index contributed by atoms with van der Waals surface area (Å²) >= 11 is 0. The van der Waals surface area contributed by atoms with E-state index in [1.807, 2.05) is 11.5 Å². The molecule has 2 rings (SSSR count). The molecule has 1 atom stereocenters. The van der Waals surface area contributed by atoms with Crippen molar-refractivity contribution in [2.45, 2.75) is 33.1 Å². The number of imidazole rings is 1. The number of aliphatic hydroxyl groups excluding tert-OH is 1. The van der Waals surface area contributed by atoms with Gasteiger partial charge in [0.05, 0.1) is 24.3 Å². The molecule has 5 heteroatoms. The van der Waals surface area contributed by atoms with Crippen LogP contribution in [0.2, 0.25) is 0 Å². The lowest BCUT2D eigenvalue weighted by Crippen LogP contribution is -2.06. The highest BCUT2D eigenvalue weighted by atomic mass is 19.1. The SMILES string of the molecule is CCn1cncc1COc1cc(F)ccc1[C@@H](C)O. The van der Waals surface area contributed by atoms with Crippen LogP contribution in [0.1, 0.15) is 31.2 Å². The molecule has 1 heterocycles. The van der Waals surface area contributed by atoms with Gasteiger partial charge in [-0.15, -0.1) is 0 Å². The lowest BCUT2D eigenvalue weighted by Gasteiger charge is -2.14. The van der Waals surface area contributed by atoms with Gasteiger partial charge in [0, 0.05) is 18.2 Å². The third-order valence-electron chi connectivity index (χ3n) is 2.94. The molecule has 1 aromatic carbocycles. The molecule has 0 aliphatic carbocycles. The van der Waals surface area contributed by atoms with Crippen molar-refractivity contribution >= 4 is 0 Å². The molecular formula is C14H17FN2O2. The lowest BCUT2D eigenvalue weighted by atomic mass is 10.1. The zero-order chi connectivity index (χ0) is 13.8. The Morgan fingerprint density at radius 3 is 2.95 bits per heavy atom. The molecule has 1 N–H and O–H groups in total. The molecule has 0 unspecified atom stereocenters. The van der Waals surface area contributed by atoms with Gasteiger partial charge in [-0.2, -0.15) is 0 Å².